The van der Waals surface area contributed by atoms with E-state index in [2.05, 4.69) is 20.4 Å². The molecule has 0 aromatic heterocycles. The zero-order valence-electron chi connectivity index (χ0n) is 19.7. The first-order valence-corrected chi connectivity index (χ1v) is 12.1. The third-order valence-corrected chi connectivity index (χ3v) is 6.53. The molecule has 3 amide bonds. The quantitative estimate of drug-likeness (QED) is 0.603. The van der Waals surface area contributed by atoms with Gasteiger partial charge in [-0.2, -0.15) is 0 Å². The third kappa shape index (κ3) is 6.23. The second-order valence-corrected chi connectivity index (χ2v) is 9.03. The summed E-state index contributed by atoms with van der Waals surface area (Å²) in [5.41, 5.74) is 1.59. The summed E-state index contributed by atoms with van der Waals surface area (Å²) in [5, 5.41) is 6.02. The Bertz CT molecular complexity index is 1070. The second kappa shape index (κ2) is 11.4. The largest absolute Gasteiger partial charge is 0.495 e. The number of methoxy groups -OCH3 is 1. The molecule has 2 aromatic carbocycles. The van der Waals surface area contributed by atoms with E-state index < -0.39 is 6.04 Å². The van der Waals surface area contributed by atoms with Crippen LogP contribution in [0, 0.1) is 0 Å². The van der Waals surface area contributed by atoms with Crippen molar-refractivity contribution in [3.63, 3.8) is 0 Å². The molecule has 10 heteroatoms. The van der Waals surface area contributed by atoms with Crippen LogP contribution in [0.25, 0.3) is 0 Å². The van der Waals surface area contributed by atoms with Gasteiger partial charge in [-0.15, -0.1) is 0 Å². The highest BCUT2D eigenvalue weighted by Crippen LogP contribution is 2.28. The molecule has 1 atom stereocenters. The van der Waals surface area contributed by atoms with Crippen LogP contribution in [0.4, 0.5) is 11.4 Å². The number of amides is 3. The van der Waals surface area contributed by atoms with E-state index in [0.717, 1.165) is 24.5 Å². The Kier molecular flexibility index (Phi) is 8.09. The Balaban J connectivity index is 1.33. The molecule has 35 heavy (non-hydrogen) atoms. The monoisotopic (exact) mass is 499 g/mol. The van der Waals surface area contributed by atoms with E-state index in [-0.39, 0.29) is 30.7 Å². The minimum atomic E-state index is -0.842. The lowest BCUT2D eigenvalue weighted by Gasteiger charge is -2.39. The maximum Gasteiger partial charge on any atom is 0.243 e. The van der Waals surface area contributed by atoms with Crippen molar-refractivity contribution < 1.29 is 19.1 Å². The summed E-state index contributed by atoms with van der Waals surface area (Å²) >= 11 is 5.98. The van der Waals surface area contributed by atoms with Gasteiger partial charge < -0.3 is 25.2 Å². The fourth-order valence-corrected chi connectivity index (χ4v) is 4.68. The van der Waals surface area contributed by atoms with Crippen molar-refractivity contribution in [2.24, 2.45) is 0 Å². The van der Waals surface area contributed by atoms with Crippen LogP contribution in [-0.2, 0) is 14.4 Å². The number of rotatable bonds is 7. The zero-order chi connectivity index (χ0) is 24.8. The molecule has 0 bridgehead atoms. The maximum absolute atomic E-state index is 13.2. The van der Waals surface area contributed by atoms with Crippen molar-refractivity contribution in [3.8, 4) is 5.75 Å². The van der Waals surface area contributed by atoms with Gasteiger partial charge in [-0.25, -0.2) is 0 Å². The topological polar surface area (TPSA) is 94.2 Å². The fourth-order valence-electron chi connectivity index (χ4n) is 4.49. The minimum Gasteiger partial charge on any atom is -0.495 e. The van der Waals surface area contributed by atoms with Gasteiger partial charge in [0.2, 0.25) is 17.7 Å². The lowest BCUT2D eigenvalue weighted by Crippen LogP contribution is -2.60. The summed E-state index contributed by atoms with van der Waals surface area (Å²) in [6.45, 7) is 3.91. The molecule has 0 aliphatic carbocycles. The molecule has 2 aliphatic rings. The fraction of sp³-hybridized carbons (Fsp3) is 0.400. The normalized spacial score (nSPS) is 18.7. The number of anilines is 2. The molecule has 4 rings (SSSR count). The second-order valence-electron chi connectivity index (χ2n) is 8.59. The number of nitrogens with zero attached hydrogens (tertiary/aromatic N) is 3. The maximum atomic E-state index is 13.2. The molecule has 2 saturated heterocycles. The van der Waals surface area contributed by atoms with Gasteiger partial charge in [-0.3, -0.25) is 19.3 Å². The molecule has 2 N–H and O–H groups in total. The van der Waals surface area contributed by atoms with E-state index in [0.29, 0.717) is 36.9 Å². The number of piperazine rings is 2. The van der Waals surface area contributed by atoms with E-state index in [1.54, 1.807) is 31.4 Å². The Morgan fingerprint density at radius 3 is 2.60 bits per heavy atom. The Morgan fingerprint density at radius 2 is 1.86 bits per heavy atom. The Labute approximate surface area is 210 Å². The number of hydrogen-bond acceptors (Lipinski definition) is 6. The summed E-state index contributed by atoms with van der Waals surface area (Å²) < 4.78 is 5.47. The molecule has 2 heterocycles. The van der Waals surface area contributed by atoms with Gasteiger partial charge >= 0.3 is 0 Å². The molecule has 2 aliphatic heterocycles. The average molecular weight is 500 g/mol. The highest BCUT2D eigenvalue weighted by atomic mass is 35.5. The number of hydrogen-bond donors (Lipinski definition) is 2. The van der Waals surface area contributed by atoms with E-state index in [4.69, 9.17) is 16.3 Å². The molecule has 9 nitrogen and oxygen atoms in total. The van der Waals surface area contributed by atoms with Crippen molar-refractivity contribution in [2.75, 3.05) is 63.1 Å². The summed E-state index contributed by atoms with van der Waals surface area (Å²) in [5.74, 6) is 0.0192. The number of nitrogens with one attached hydrogen (secondary N) is 2. The van der Waals surface area contributed by atoms with Gasteiger partial charge in [0.25, 0.3) is 0 Å². The van der Waals surface area contributed by atoms with Crippen LogP contribution >= 0.6 is 11.6 Å². The minimum absolute atomic E-state index is 0.119. The van der Waals surface area contributed by atoms with Crippen molar-refractivity contribution in [3.05, 3.63) is 53.6 Å². The van der Waals surface area contributed by atoms with E-state index in [1.165, 1.54) is 4.90 Å². The van der Waals surface area contributed by atoms with Crippen molar-refractivity contribution in [2.45, 2.75) is 12.5 Å². The molecular formula is C25H30ClN5O4. The van der Waals surface area contributed by atoms with E-state index in [9.17, 15) is 14.4 Å². The van der Waals surface area contributed by atoms with Crippen LogP contribution in [-0.4, -0.2) is 86.5 Å². The SMILES string of the molecule is COc1ccccc1N1CCN(CC(=O)N2CCNC(=O)[C@H]2CC(=O)Nc2cccc(Cl)c2)CC1. The molecule has 0 spiro atoms. The van der Waals surface area contributed by atoms with Gasteiger partial charge in [0.1, 0.15) is 11.8 Å². The van der Waals surface area contributed by atoms with E-state index >= 15 is 0 Å². The number of halogens is 1. The van der Waals surface area contributed by atoms with Gasteiger partial charge in [-0.1, -0.05) is 29.8 Å². The number of carbonyl (C=O) groups excluding carboxylic acids is 3. The van der Waals surface area contributed by atoms with Crippen molar-refractivity contribution in [1.82, 2.24) is 15.1 Å². The van der Waals surface area contributed by atoms with E-state index in [1.807, 2.05) is 24.3 Å². The highest BCUT2D eigenvalue weighted by molar-refractivity contribution is 6.30. The van der Waals surface area contributed by atoms with Crippen LogP contribution in [0.15, 0.2) is 48.5 Å². The van der Waals surface area contributed by atoms with Crippen LogP contribution < -0.4 is 20.3 Å². The number of ether oxygens (including phenoxy) is 1. The molecular weight excluding hydrogens is 470 g/mol. The lowest BCUT2D eigenvalue weighted by molar-refractivity contribution is -0.145. The summed E-state index contributed by atoms with van der Waals surface area (Å²) in [4.78, 5) is 44.2. The van der Waals surface area contributed by atoms with Crippen LogP contribution in [0.5, 0.6) is 5.75 Å². The number of para-hydroxylation sites is 2. The first kappa shape index (κ1) is 24.8. The predicted octanol–water partition coefficient (Wildman–Crippen LogP) is 1.83. The Hall–Kier alpha value is -3.30. The molecule has 0 unspecified atom stereocenters. The van der Waals surface area contributed by atoms with Gasteiger partial charge in [-0.05, 0) is 30.3 Å². The predicted molar refractivity (Wildman–Crippen MR) is 135 cm³/mol. The van der Waals surface area contributed by atoms with Crippen molar-refractivity contribution in [1.29, 1.82) is 0 Å². The lowest BCUT2D eigenvalue weighted by atomic mass is 10.1. The highest BCUT2D eigenvalue weighted by Gasteiger charge is 2.35. The molecule has 2 fully saturated rings. The standard InChI is InChI=1S/C25H30ClN5O4/c1-35-22-8-3-2-7-20(22)30-13-11-29(12-14-30)17-24(33)31-10-9-27-25(34)21(31)16-23(32)28-19-6-4-5-18(26)15-19/h2-8,15,21H,9-14,16-17H2,1H3,(H,27,34)(H,28,32)/t21-/m1/s1. The first-order chi connectivity index (χ1) is 16.9. The van der Waals surface area contributed by atoms with Crippen LogP contribution in [0.2, 0.25) is 5.02 Å². The zero-order valence-corrected chi connectivity index (χ0v) is 20.5. The molecule has 2 aromatic rings. The van der Waals surface area contributed by atoms with Gasteiger partial charge in [0, 0.05) is 50.0 Å². The van der Waals surface area contributed by atoms with Crippen molar-refractivity contribution >= 4 is 40.7 Å². The molecule has 186 valence electrons. The summed E-state index contributed by atoms with van der Waals surface area (Å²) in [6, 6.07) is 13.9. The molecule has 0 saturated carbocycles. The van der Waals surface area contributed by atoms with Gasteiger partial charge in [0.15, 0.2) is 0 Å². The first-order valence-electron chi connectivity index (χ1n) is 11.7. The number of carbonyl (C=O) groups is 3. The molecule has 0 radical (unpaired) electrons. The summed E-state index contributed by atoms with van der Waals surface area (Å²) in [6.07, 6.45) is -0.119. The average Bonchev–Trinajstić information content (AvgIpc) is 2.85. The smallest absolute Gasteiger partial charge is 0.243 e. The van der Waals surface area contributed by atoms with Gasteiger partial charge in [0.05, 0.1) is 25.8 Å². The van der Waals surface area contributed by atoms with Crippen LogP contribution in [0.1, 0.15) is 6.42 Å². The summed E-state index contributed by atoms with van der Waals surface area (Å²) in [7, 11) is 1.66. The third-order valence-electron chi connectivity index (χ3n) is 6.30. The number of benzene rings is 2. The Morgan fingerprint density at radius 1 is 1.09 bits per heavy atom. The van der Waals surface area contributed by atoms with Crippen LogP contribution in [0.3, 0.4) is 0 Å².